The molecule has 0 rings (SSSR count). The van der Waals surface area contributed by atoms with Crippen LogP contribution in [0.1, 0.15) is 279 Å². The molecule has 57 heavy (non-hydrogen) atoms. The highest BCUT2D eigenvalue weighted by molar-refractivity contribution is 5.71. The summed E-state index contributed by atoms with van der Waals surface area (Å²) in [6.45, 7) is 11.3. The van der Waals surface area contributed by atoms with E-state index in [1.165, 1.54) is 167 Å². The fraction of sp³-hybridized carbons (Fsp3) is 0.941. The van der Waals surface area contributed by atoms with Crippen molar-refractivity contribution in [1.29, 1.82) is 0 Å². The van der Waals surface area contributed by atoms with Gasteiger partial charge in [-0.15, -0.1) is 0 Å². The second kappa shape index (κ2) is 44.0. The molecule has 1 atom stereocenters. The lowest BCUT2D eigenvalue weighted by atomic mass is 10.0. The van der Waals surface area contributed by atoms with E-state index in [-0.39, 0.29) is 31.1 Å². The number of esters is 3. The fourth-order valence-electron chi connectivity index (χ4n) is 7.64. The van der Waals surface area contributed by atoms with E-state index in [1.807, 2.05) is 0 Å². The average molecular weight is 807 g/mol. The van der Waals surface area contributed by atoms with Crippen LogP contribution in [-0.2, 0) is 28.6 Å². The first kappa shape index (κ1) is 55.4. The van der Waals surface area contributed by atoms with Gasteiger partial charge in [-0.1, -0.05) is 240 Å². The van der Waals surface area contributed by atoms with Gasteiger partial charge in [-0.25, -0.2) is 0 Å². The molecule has 0 aromatic heterocycles. The van der Waals surface area contributed by atoms with Crippen molar-refractivity contribution in [3.8, 4) is 0 Å². The quantitative estimate of drug-likeness (QED) is 0.0346. The maximum atomic E-state index is 12.8. The Bertz CT molecular complexity index is 870. The largest absolute Gasteiger partial charge is 0.462 e. The molecule has 6 heteroatoms. The van der Waals surface area contributed by atoms with Crippen LogP contribution in [0.3, 0.4) is 0 Å². The third-order valence-corrected chi connectivity index (χ3v) is 11.5. The Hall–Kier alpha value is -1.59. The van der Waals surface area contributed by atoms with Gasteiger partial charge in [0.1, 0.15) is 13.2 Å². The van der Waals surface area contributed by atoms with Crippen LogP contribution >= 0.6 is 0 Å². The first-order valence-corrected chi connectivity index (χ1v) is 25.2. The maximum absolute atomic E-state index is 12.8. The van der Waals surface area contributed by atoms with Crippen LogP contribution in [0.4, 0.5) is 0 Å². The van der Waals surface area contributed by atoms with Gasteiger partial charge >= 0.3 is 17.9 Å². The van der Waals surface area contributed by atoms with Gasteiger partial charge in [-0.05, 0) is 31.1 Å². The van der Waals surface area contributed by atoms with Crippen molar-refractivity contribution in [3.05, 3.63) is 0 Å². The number of carbonyl (C=O) groups excluding carboxylic acids is 3. The summed E-state index contributed by atoms with van der Waals surface area (Å²) in [7, 11) is 0. The highest BCUT2D eigenvalue weighted by Gasteiger charge is 2.19. The molecule has 0 heterocycles. The summed E-state index contributed by atoms with van der Waals surface area (Å²) in [6.07, 6.45) is 43.9. The number of ether oxygens (including phenoxy) is 3. The zero-order valence-corrected chi connectivity index (χ0v) is 39.0. The van der Waals surface area contributed by atoms with E-state index in [0.717, 1.165) is 69.6 Å². The monoisotopic (exact) mass is 807 g/mol. The van der Waals surface area contributed by atoms with Crippen molar-refractivity contribution in [2.45, 2.75) is 285 Å². The van der Waals surface area contributed by atoms with Crippen molar-refractivity contribution < 1.29 is 28.6 Å². The van der Waals surface area contributed by atoms with Crippen molar-refractivity contribution in [2.75, 3.05) is 13.2 Å². The highest BCUT2D eigenvalue weighted by atomic mass is 16.6. The molecule has 0 aromatic rings. The topological polar surface area (TPSA) is 78.9 Å². The first-order chi connectivity index (χ1) is 27.7. The highest BCUT2D eigenvalue weighted by Crippen LogP contribution is 2.17. The van der Waals surface area contributed by atoms with Gasteiger partial charge in [0.15, 0.2) is 6.10 Å². The zero-order chi connectivity index (χ0) is 41.9. The molecule has 0 aliphatic carbocycles. The third-order valence-electron chi connectivity index (χ3n) is 11.5. The van der Waals surface area contributed by atoms with E-state index in [9.17, 15) is 14.4 Å². The Morgan fingerprint density at radius 1 is 0.333 bits per heavy atom. The van der Waals surface area contributed by atoms with Crippen LogP contribution in [0, 0.1) is 11.8 Å². The summed E-state index contributed by atoms with van der Waals surface area (Å²) in [5.74, 6) is 0.749. The lowest BCUT2D eigenvalue weighted by molar-refractivity contribution is -0.167. The first-order valence-electron chi connectivity index (χ1n) is 25.2. The van der Waals surface area contributed by atoms with Crippen LogP contribution in [-0.4, -0.2) is 37.2 Å². The normalized spacial score (nSPS) is 12.1. The molecule has 0 aliphatic heterocycles. The van der Waals surface area contributed by atoms with E-state index in [2.05, 4.69) is 34.6 Å². The van der Waals surface area contributed by atoms with Gasteiger partial charge in [0.2, 0.25) is 0 Å². The SMILES string of the molecule is CCCCCCCCCCCCCCCCC(=O)O[C@H](COC(=O)CCCCCCCCCCCCCCCC(C)C)COC(=O)CCCCCCCCC(C)C. The van der Waals surface area contributed by atoms with Crippen molar-refractivity contribution >= 4 is 17.9 Å². The molecule has 6 nitrogen and oxygen atoms in total. The second-order valence-electron chi connectivity index (χ2n) is 18.4. The summed E-state index contributed by atoms with van der Waals surface area (Å²) in [5.41, 5.74) is 0. The maximum Gasteiger partial charge on any atom is 0.306 e. The average Bonchev–Trinajstić information content (AvgIpc) is 3.18. The van der Waals surface area contributed by atoms with Crippen LogP contribution in [0.25, 0.3) is 0 Å². The molecule has 0 bridgehead atoms. The third kappa shape index (κ3) is 45.3. The van der Waals surface area contributed by atoms with Crippen LogP contribution in [0.15, 0.2) is 0 Å². The predicted octanol–water partition coefficient (Wildman–Crippen LogP) is 16.1. The second-order valence-corrected chi connectivity index (χ2v) is 18.4. The van der Waals surface area contributed by atoms with Gasteiger partial charge in [0.05, 0.1) is 0 Å². The Kier molecular flexibility index (Phi) is 42.7. The molecule has 0 aromatic carbocycles. The lowest BCUT2D eigenvalue weighted by Gasteiger charge is -2.18. The van der Waals surface area contributed by atoms with Gasteiger partial charge in [-0.3, -0.25) is 14.4 Å². The Balaban J connectivity index is 4.27. The minimum Gasteiger partial charge on any atom is -0.462 e. The van der Waals surface area contributed by atoms with Crippen molar-refractivity contribution in [3.63, 3.8) is 0 Å². The van der Waals surface area contributed by atoms with Crippen molar-refractivity contribution in [1.82, 2.24) is 0 Å². The van der Waals surface area contributed by atoms with E-state index < -0.39 is 6.10 Å². The minimum atomic E-state index is -0.761. The Morgan fingerprint density at radius 3 is 0.860 bits per heavy atom. The van der Waals surface area contributed by atoms with Crippen molar-refractivity contribution in [2.24, 2.45) is 11.8 Å². The Morgan fingerprint density at radius 2 is 0.579 bits per heavy atom. The minimum absolute atomic E-state index is 0.0646. The molecule has 0 radical (unpaired) electrons. The molecule has 0 N–H and O–H groups in total. The number of hydrogen-bond donors (Lipinski definition) is 0. The van der Waals surface area contributed by atoms with Gasteiger partial charge in [0, 0.05) is 19.3 Å². The number of rotatable bonds is 45. The molecule has 0 saturated carbocycles. The molecule has 338 valence electrons. The Labute approximate surface area is 355 Å². The molecule has 0 saturated heterocycles. The summed E-state index contributed by atoms with van der Waals surface area (Å²) >= 11 is 0. The van der Waals surface area contributed by atoms with E-state index in [1.54, 1.807) is 0 Å². The molecule has 0 spiro atoms. The molecule has 0 unspecified atom stereocenters. The predicted molar refractivity (Wildman–Crippen MR) is 243 cm³/mol. The van der Waals surface area contributed by atoms with Gasteiger partial charge in [-0.2, -0.15) is 0 Å². The van der Waals surface area contributed by atoms with Gasteiger partial charge < -0.3 is 14.2 Å². The van der Waals surface area contributed by atoms with E-state index in [0.29, 0.717) is 19.3 Å². The molecular formula is C51H98O6. The van der Waals surface area contributed by atoms with Gasteiger partial charge in [0.25, 0.3) is 0 Å². The van der Waals surface area contributed by atoms with Crippen LogP contribution in [0.5, 0.6) is 0 Å². The van der Waals surface area contributed by atoms with E-state index in [4.69, 9.17) is 14.2 Å². The molecule has 0 fully saturated rings. The number of carbonyl (C=O) groups is 3. The fourth-order valence-corrected chi connectivity index (χ4v) is 7.64. The van der Waals surface area contributed by atoms with Crippen LogP contribution in [0.2, 0.25) is 0 Å². The summed E-state index contributed by atoms with van der Waals surface area (Å²) in [4.78, 5) is 37.8. The lowest BCUT2D eigenvalue weighted by Crippen LogP contribution is -2.30. The zero-order valence-electron chi connectivity index (χ0n) is 39.0. The van der Waals surface area contributed by atoms with E-state index >= 15 is 0 Å². The summed E-state index contributed by atoms with van der Waals surface area (Å²) < 4.78 is 16.8. The van der Waals surface area contributed by atoms with Crippen LogP contribution < -0.4 is 0 Å². The number of hydrogen-bond acceptors (Lipinski definition) is 6. The molecule has 0 aliphatic rings. The number of unbranched alkanes of at least 4 members (excludes halogenated alkanes) is 30. The standard InChI is InChI=1S/C51H98O6/c1-6-7-8-9-10-11-12-13-16-20-23-26-33-38-43-51(54)57-48(45-56-50(53)42-37-32-28-27-30-35-40-47(4)5)44-55-49(52)41-36-31-25-22-19-17-14-15-18-21-24-29-34-39-46(2)3/h46-48H,6-45H2,1-5H3/t48-/m1/s1. The summed E-state index contributed by atoms with van der Waals surface area (Å²) in [5, 5.41) is 0. The summed E-state index contributed by atoms with van der Waals surface area (Å²) in [6, 6.07) is 0. The molecular weight excluding hydrogens is 709 g/mol. The molecule has 0 amide bonds. The smallest absolute Gasteiger partial charge is 0.306 e.